The van der Waals surface area contributed by atoms with Crippen molar-refractivity contribution < 1.29 is 19.7 Å². The van der Waals surface area contributed by atoms with Crippen molar-refractivity contribution in [3.63, 3.8) is 0 Å². The van der Waals surface area contributed by atoms with Crippen molar-refractivity contribution in [2.75, 3.05) is 13.7 Å². The van der Waals surface area contributed by atoms with Crippen molar-refractivity contribution in [2.45, 2.75) is 6.92 Å². The van der Waals surface area contributed by atoms with Crippen LogP contribution in [-0.2, 0) is 4.79 Å². The summed E-state index contributed by atoms with van der Waals surface area (Å²) >= 11 is 0. The average Bonchev–Trinajstić information content (AvgIpc) is 2.25. The van der Waals surface area contributed by atoms with Crippen molar-refractivity contribution in [2.24, 2.45) is 0 Å². The summed E-state index contributed by atoms with van der Waals surface area (Å²) in [5.74, 6) is -0.542. The predicted octanol–water partition coefficient (Wildman–Crippen LogP) is 1.46. The maximum absolute atomic E-state index is 10.6. The highest BCUT2D eigenvalue weighted by Gasteiger charge is 2.09. The fourth-order valence-electron chi connectivity index (χ4n) is 1.43. The van der Waals surface area contributed by atoms with Crippen LogP contribution in [0, 0.1) is 6.92 Å². The summed E-state index contributed by atoms with van der Waals surface area (Å²) < 4.78 is 5.12. The molecule has 1 rings (SSSR count). The molecule has 0 radical (unpaired) electrons. The van der Waals surface area contributed by atoms with Gasteiger partial charge < -0.3 is 14.9 Å². The van der Waals surface area contributed by atoms with E-state index in [0.717, 1.165) is 11.6 Å². The highest BCUT2D eigenvalue weighted by atomic mass is 16.5. The lowest BCUT2D eigenvalue weighted by Gasteiger charge is -2.10. The quantitative estimate of drug-likeness (QED) is 0.757. The number of carboxylic acids is 1. The van der Waals surface area contributed by atoms with Gasteiger partial charge in [-0.25, -0.2) is 4.79 Å². The molecule has 0 aliphatic heterocycles. The Kier molecular flexibility index (Phi) is 4.08. The van der Waals surface area contributed by atoms with Crippen molar-refractivity contribution >= 4 is 11.5 Å². The Labute approximate surface area is 93.8 Å². The summed E-state index contributed by atoms with van der Waals surface area (Å²) in [6.07, 6.45) is 0.983. The molecule has 86 valence electrons. The number of aryl methyl sites for hydroxylation is 1. The number of aliphatic hydroxyl groups excluding tert-OH is 1. The lowest BCUT2D eigenvalue weighted by Crippen LogP contribution is -1.99. The van der Waals surface area contributed by atoms with Gasteiger partial charge in [-0.05, 0) is 24.6 Å². The predicted molar refractivity (Wildman–Crippen MR) is 60.4 cm³/mol. The lowest BCUT2D eigenvalue weighted by molar-refractivity contribution is -0.131. The molecule has 0 spiro atoms. The van der Waals surface area contributed by atoms with Crippen LogP contribution in [0.5, 0.6) is 5.75 Å². The number of aliphatic carboxylic acids is 1. The van der Waals surface area contributed by atoms with Crippen LogP contribution in [0.1, 0.15) is 11.1 Å². The molecule has 16 heavy (non-hydrogen) atoms. The third-order valence-corrected chi connectivity index (χ3v) is 2.17. The summed E-state index contributed by atoms with van der Waals surface area (Å²) in [5, 5.41) is 17.8. The second-order valence-corrected chi connectivity index (χ2v) is 3.37. The van der Waals surface area contributed by atoms with E-state index in [1.165, 1.54) is 7.11 Å². The Morgan fingerprint density at radius 3 is 2.69 bits per heavy atom. The zero-order chi connectivity index (χ0) is 12.1. The third kappa shape index (κ3) is 2.84. The van der Waals surface area contributed by atoms with Crippen LogP contribution >= 0.6 is 0 Å². The molecule has 4 heteroatoms. The first-order chi connectivity index (χ1) is 7.58. The molecule has 0 saturated carbocycles. The monoisotopic (exact) mass is 222 g/mol. The van der Waals surface area contributed by atoms with Crippen LogP contribution in [-0.4, -0.2) is 29.9 Å². The van der Waals surface area contributed by atoms with Crippen LogP contribution in [0.2, 0.25) is 0 Å². The summed E-state index contributed by atoms with van der Waals surface area (Å²) in [7, 11) is 1.50. The van der Waals surface area contributed by atoms with Crippen molar-refractivity contribution in [1.82, 2.24) is 0 Å². The molecule has 0 fully saturated rings. The Morgan fingerprint density at radius 2 is 2.19 bits per heavy atom. The summed E-state index contributed by atoms with van der Waals surface area (Å²) in [5.41, 5.74) is 1.90. The first kappa shape index (κ1) is 12.3. The molecule has 0 heterocycles. The largest absolute Gasteiger partial charge is 0.496 e. The molecule has 0 aliphatic rings. The number of hydrogen-bond donors (Lipinski definition) is 2. The first-order valence-corrected chi connectivity index (χ1v) is 4.78. The van der Waals surface area contributed by atoms with E-state index >= 15 is 0 Å². The highest BCUT2D eigenvalue weighted by molar-refractivity contribution is 5.91. The van der Waals surface area contributed by atoms with Gasteiger partial charge >= 0.3 is 5.97 Å². The van der Waals surface area contributed by atoms with Crippen molar-refractivity contribution in [3.8, 4) is 5.75 Å². The van der Waals surface area contributed by atoms with E-state index < -0.39 is 5.97 Å². The fourth-order valence-corrected chi connectivity index (χ4v) is 1.43. The van der Waals surface area contributed by atoms with E-state index in [1.54, 1.807) is 12.1 Å². The van der Waals surface area contributed by atoms with Crippen molar-refractivity contribution in [3.05, 3.63) is 35.4 Å². The number of carboxylic acid groups (broad SMARTS) is 1. The molecule has 0 atom stereocenters. The van der Waals surface area contributed by atoms with Gasteiger partial charge in [-0.1, -0.05) is 11.6 Å². The van der Waals surface area contributed by atoms with Gasteiger partial charge in [-0.3, -0.25) is 0 Å². The minimum Gasteiger partial charge on any atom is -0.496 e. The molecule has 1 aromatic rings. The number of hydrogen-bond acceptors (Lipinski definition) is 3. The molecule has 0 bridgehead atoms. The second kappa shape index (κ2) is 5.32. The molecular formula is C12H14O4. The van der Waals surface area contributed by atoms with E-state index in [4.69, 9.17) is 14.9 Å². The molecule has 0 saturated heterocycles. The van der Waals surface area contributed by atoms with E-state index in [9.17, 15) is 4.79 Å². The molecule has 0 unspecified atom stereocenters. The molecule has 0 aliphatic carbocycles. The van der Waals surface area contributed by atoms with Crippen LogP contribution in [0.15, 0.2) is 24.3 Å². The second-order valence-electron chi connectivity index (χ2n) is 3.37. The van der Waals surface area contributed by atoms with Gasteiger partial charge in [0.1, 0.15) is 5.75 Å². The number of methoxy groups -OCH3 is 1. The number of rotatable bonds is 4. The standard InChI is InChI=1S/C12H14O4/c1-8-3-4-11(16-2)10(5-8)9(7-13)6-12(14)15/h3-6,13H,7H2,1-2H3,(H,14,15)/b9-6+. The van der Waals surface area contributed by atoms with Crippen LogP contribution in [0.25, 0.3) is 5.57 Å². The lowest BCUT2D eigenvalue weighted by atomic mass is 10.0. The van der Waals surface area contributed by atoms with E-state index in [-0.39, 0.29) is 6.61 Å². The maximum atomic E-state index is 10.6. The topological polar surface area (TPSA) is 66.8 Å². The van der Waals surface area contributed by atoms with E-state index in [1.807, 2.05) is 13.0 Å². The molecule has 0 aromatic heterocycles. The SMILES string of the molecule is COc1ccc(C)cc1/C(=C/C(=O)O)CO. The Balaban J connectivity index is 3.28. The van der Waals surface area contributed by atoms with E-state index in [2.05, 4.69) is 0 Å². The zero-order valence-electron chi connectivity index (χ0n) is 9.23. The minimum atomic E-state index is -1.09. The molecule has 0 amide bonds. The van der Waals surface area contributed by atoms with Gasteiger partial charge in [0.2, 0.25) is 0 Å². The van der Waals surface area contributed by atoms with Gasteiger partial charge in [0.15, 0.2) is 0 Å². The van der Waals surface area contributed by atoms with Crippen LogP contribution in [0.4, 0.5) is 0 Å². The van der Waals surface area contributed by atoms with Gasteiger partial charge in [-0.2, -0.15) is 0 Å². The highest BCUT2D eigenvalue weighted by Crippen LogP contribution is 2.26. The summed E-state index contributed by atoms with van der Waals surface area (Å²) in [4.78, 5) is 10.6. The van der Waals surface area contributed by atoms with Gasteiger partial charge in [0, 0.05) is 11.6 Å². The molecule has 2 N–H and O–H groups in total. The third-order valence-electron chi connectivity index (χ3n) is 2.17. The zero-order valence-corrected chi connectivity index (χ0v) is 9.23. The van der Waals surface area contributed by atoms with Crippen molar-refractivity contribution in [1.29, 1.82) is 0 Å². The normalized spacial score (nSPS) is 11.3. The fraction of sp³-hybridized carbons (Fsp3) is 0.250. The Morgan fingerprint density at radius 1 is 1.50 bits per heavy atom. The number of carbonyl (C=O) groups is 1. The number of aliphatic hydroxyl groups is 1. The Hall–Kier alpha value is -1.81. The number of ether oxygens (including phenoxy) is 1. The van der Waals surface area contributed by atoms with Gasteiger partial charge in [0.25, 0.3) is 0 Å². The van der Waals surface area contributed by atoms with Crippen LogP contribution in [0.3, 0.4) is 0 Å². The minimum absolute atomic E-state index is 0.327. The van der Waals surface area contributed by atoms with Crippen LogP contribution < -0.4 is 4.74 Å². The smallest absolute Gasteiger partial charge is 0.328 e. The molecular weight excluding hydrogens is 208 g/mol. The van der Waals surface area contributed by atoms with Gasteiger partial charge in [0.05, 0.1) is 13.7 Å². The summed E-state index contributed by atoms with van der Waals surface area (Å²) in [6, 6.07) is 5.39. The average molecular weight is 222 g/mol. The Bertz CT molecular complexity index is 421. The first-order valence-electron chi connectivity index (χ1n) is 4.78. The number of benzene rings is 1. The maximum Gasteiger partial charge on any atom is 0.328 e. The van der Waals surface area contributed by atoms with Gasteiger partial charge in [-0.15, -0.1) is 0 Å². The summed E-state index contributed by atoms with van der Waals surface area (Å²) in [6.45, 7) is 1.55. The molecule has 4 nitrogen and oxygen atoms in total. The van der Waals surface area contributed by atoms with E-state index in [0.29, 0.717) is 16.9 Å². The molecule has 1 aromatic carbocycles.